The Hall–Kier alpha value is -2.19. The lowest BCUT2D eigenvalue weighted by molar-refractivity contribution is -0.143. The molecule has 0 radical (unpaired) electrons. The first kappa shape index (κ1) is 18.2. The van der Waals surface area contributed by atoms with E-state index in [0.717, 1.165) is 35.4 Å². The van der Waals surface area contributed by atoms with E-state index >= 15 is 0 Å². The summed E-state index contributed by atoms with van der Waals surface area (Å²) in [5.41, 5.74) is 3.01. The predicted octanol–water partition coefficient (Wildman–Crippen LogP) is 2.02. The van der Waals surface area contributed by atoms with E-state index in [0.29, 0.717) is 19.5 Å². The number of benzene rings is 1. The van der Waals surface area contributed by atoms with Crippen molar-refractivity contribution in [3.8, 4) is 0 Å². The van der Waals surface area contributed by atoms with Crippen molar-refractivity contribution in [2.24, 2.45) is 12.2 Å². The number of oxime groups is 1. The fourth-order valence-electron chi connectivity index (χ4n) is 3.49. The van der Waals surface area contributed by atoms with Crippen molar-refractivity contribution in [1.82, 2.24) is 19.6 Å². The molecule has 1 amide bonds. The van der Waals surface area contributed by atoms with Crippen LogP contribution in [0.4, 0.5) is 0 Å². The molecule has 1 fully saturated rings. The highest BCUT2D eigenvalue weighted by Crippen LogP contribution is 2.21. The van der Waals surface area contributed by atoms with E-state index in [9.17, 15) is 4.79 Å². The number of aryl methyl sites for hydroxylation is 1. The third kappa shape index (κ3) is 4.22. The Labute approximate surface area is 166 Å². The summed E-state index contributed by atoms with van der Waals surface area (Å²) in [4.78, 5) is 22.5. The number of amides is 1. The van der Waals surface area contributed by atoms with Crippen LogP contribution >= 0.6 is 15.9 Å². The molecule has 27 heavy (non-hydrogen) atoms. The predicted molar refractivity (Wildman–Crippen MR) is 105 cm³/mol. The van der Waals surface area contributed by atoms with Crippen molar-refractivity contribution in [3.63, 3.8) is 0 Å². The lowest BCUT2D eigenvalue weighted by atomic mass is 10.0. The van der Waals surface area contributed by atoms with Gasteiger partial charge in [0.1, 0.15) is 0 Å². The summed E-state index contributed by atoms with van der Waals surface area (Å²) in [7, 11) is 1.92. The summed E-state index contributed by atoms with van der Waals surface area (Å²) in [5, 5.41) is 8.35. The molecule has 1 saturated heterocycles. The van der Waals surface area contributed by atoms with E-state index in [1.807, 2.05) is 53.3 Å². The summed E-state index contributed by atoms with van der Waals surface area (Å²) in [6.07, 6.45) is 3.93. The van der Waals surface area contributed by atoms with E-state index in [4.69, 9.17) is 4.84 Å². The van der Waals surface area contributed by atoms with Crippen molar-refractivity contribution in [2.45, 2.75) is 19.1 Å². The molecule has 2 aromatic rings. The Kier molecular flexibility index (Phi) is 5.27. The molecular weight excluding hydrogens is 410 g/mol. The van der Waals surface area contributed by atoms with Crippen LogP contribution in [0.5, 0.6) is 0 Å². The molecule has 8 heteroatoms. The maximum absolute atomic E-state index is 12.8. The van der Waals surface area contributed by atoms with Crippen LogP contribution in [0.25, 0.3) is 0 Å². The SMILES string of the molecule is Cn1cc(CN2CCN(C(=O)C3CC(c4cccc(Br)c4)=NO3)CC2)cn1. The third-order valence-electron chi connectivity index (χ3n) is 4.95. The van der Waals surface area contributed by atoms with Gasteiger partial charge in [-0.25, -0.2) is 0 Å². The van der Waals surface area contributed by atoms with Gasteiger partial charge in [-0.05, 0) is 12.1 Å². The van der Waals surface area contributed by atoms with Crippen LogP contribution in [0.15, 0.2) is 46.3 Å². The maximum atomic E-state index is 12.8. The van der Waals surface area contributed by atoms with E-state index in [1.54, 1.807) is 0 Å². The van der Waals surface area contributed by atoms with Crippen LogP contribution in [0.1, 0.15) is 17.5 Å². The molecule has 3 heterocycles. The molecule has 1 unspecified atom stereocenters. The van der Waals surface area contributed by atoms with E-state index in [-0.39, 0.29) is 5.91 Å². The maximum Gasteiger partial charge on any atom is 0.266 e. The first-order valence-electron chi connectivity index (χ1n) is 9.06. The van der Waals surface area contributed by atoms with E-state index in [2.05, 4.69) is 31.1 Å². The molecule has 0 N–H and O–H groups in total. The van der Waals surface area contributed by atoms with Crippen LogP contribution in [0.3, 0.4) is 0 Å². The number of aromatic nitrogens is 2. The standard InChI is InChI=1S/C19H22BrN5O2/c1-23-12-14(11-21-23)13-24-5-7-25(8-6-24)19(26)18-10-17(22-27-18)15-3-2-4-16(20)9-15/h2-4,9,11-12,18H,5-8,10,13H2,1H3. The fourth-order valence-corrected chi connectivity index (χ4v) is 3.89. The summed E-state index contributed by atoms with van der Waals surface area (Å²) >= 11 is 3.47. The summed E-state index contributed by atoms with van der Waals surface area (Å²) < 4.78 is 2.80. The number of rotatable bonds is 4. The normalized spacial score (nSPS) is 20.4. The van der Waals surface area contributed by atoms with Crippen molar-refractivity contribution in [3.05, 3.63) is 52.3 Å². The number of hydrogen-bond acceptors (Lipinski definition) is 5. The molecule has 1 aromatic heterocycles. The zero-order valence-electron chi connectivity index (χ0n) is 15.2. The number of halogens is 1. The minimum atomic E-state index is -0.510. The topological polar surface area (TPSA) is 63.0 Å². The van der Waals surface area contributed by atoms with Gasteiger partial charge in [0.15, 0.2) is 0 Å². The minimum Gasteiger partial charge on any atom is -0.382 e. The van der Waals surface area contributed by atoms with Gasteiger partial charge in [-0.1, -0.05) is 33.2 Å². The highest BCUT2D eigenvalue weighted by atomic mass is 79.9. The average Bonchev–Trinajstić information content (AvgIpc) is 3.31. The lowest BCUT2D eigenvalue weighted by Gasteiger charge is -2.35. The Morgan fingerprint density at radius 2 is 2.11 bits per heavy atom. The van der Waals surface area contributed by atoms with Crippen molar-refractivity contribution >= 4 is 27.5 Å². The van der Waals surface area contributed by atoms with Crippen LogP contribution in [-0.2, 0) is 23.2 Å². The van der Waals surface area contributed by atoms with Crippen LogP contribution in [0, 0.1) is 0 Å². The van der Waals surface area contributed by atoms with Gasteiger partial charge in [-0.2, -0.15) is 5.10 Å². The molecular formula is C19H22BrN5O2. The quantitative estimate of drug-likeness (QED) is 0.742. The van der Waals surface area contributed by atoms with E-state index < -0.39 is 6.10 Å². The summed E-state index contributed by atoms with van der Waals surface area (Å²) in [6.45, 7) is 4.00. The van der Waals surface area contributed by atoms with Crippen LogP contribution < -0.4 is 0 Å². The highest BCUT2D eigenvalue weighted by Gasteiger charge is 2.33. The molecule has 2 aliphatic heterocycles. The minimum absolute atomic E-state index is 0.0322. The molecule has 0 saturated carbocycles. The Bertz CT molecular complexity index is 857. The lowest BCUT2D eigenvalue weighted by Crippen LogP contribution is -2.51. The molecule has 142 valence electrons. The number of nitrogens with zero attached hydrogens (tertiary/aromatic N) is 5. The molecule has 2 aliphatic rings. The highest BCUT2D eigenvalue weighted by molar-refractivity contribution is 9.10. The van der Waals surface area contributed by atoms with Crippen molar-refractivity contribution in [1.29, 1.82) is 0 Å². The summed E-state index contributed by atoms with van der Waals surface area (Å²) in [5.74, 6) is 0.0322. The zero-order valence-corrected chi connectivity index (χ0v) is 16.8. The second kappa shape index (κ2) is 7.82. The monoisotopic (exact) mass is 431 g/mol. The van der Waals surface area contributed by atoms with Crippen molar-refractivity contribution in [2.75, 3.05) is 26.2 Å². The average molecular weight is 432 g/mol. The van der Waals surface area contributed by atoms with Crippen LogP contribution in [0.2, 0.25) is 0 Å². The second-order valence-corrected chi connectivity index (χ2v) is 7.89. The molecule has 1 aromatic carbocycles. The third-order valence-corrected chi connectivity index (χ3v) is 5.44. The first-order valence-corrected chi connectivity index (χ1v) is 9.85. The van der Waals surface area contributed by atoms with Gasteiger partial charge >= 0.3 is 0 Å². The fraction of sp³-hybridized carbons (Fsp3) is 0.421. The smallest absolute Gasteiger partial charge is 0.266 e. The van der Waals surface area contributed by atoms with Gasteiger partial charge in [0.05, 0.1) is 11.9 Å². The van der Waals surface area contributed by atoms with Gasteiger partial charge in [-0.15, -0.1) is 0 Å². The van der Waals surface area contributed by atoms with Crippen LogP contribution in [-0.4, -0.2) is 63.5 Å². The number of carbonyl (C=O) groups excluding carboxylic acids is 1. The Morgan fingerprint density at radius 3 is 2.81 bits per heavy atom. The molecule has 0 spiro atoms. The Balaban J connectivity index is 1.29. The molecule has 4 rings (SSSR count). The zero-order chi connectivity index (χ0) is 18.8. The number of carbonyl (C=O) groups is 1. The van der Waals surface area contributed by atoms with Gasteiger partial charge in [0.2, 0.25) is 6.10 Å². The second-order valence-electron chi connectivity index (χ2n) is 6.97. The van der Waals surface area contributed by atoms with Gasteiger partial charge < -0.3 is 9.74 Å². The molecule has 0 aliphatic carbocycles. The molecule has 0 bridgehead atoms. The van der Waals surface area contributed by atoms with Gasteiger partial charge in [-0.3, -0.25) is 14.4 Å². The molecule has 1 atom stereocenters. The van der Waals surface area contributed by atoms with Gasteiger partial charge in [0.25, 0.3) is 5.91 Å². The number of hydrogen-bond donors (Lipinski definition) is 0. The Morgan fingerprint density at radius 1 is 1.30 bits per heavy atom. The molecule has 7 nitrogen and oxygen atoms in total. The van der Waals surface area contributed by atoms with E-state index in [1.165, 1.54) is 5.56 Å². The summed E-state index contributed by atoms with van der Waals surface area (Å²) in [6, 6.07) is 7.90. The van der Waals surface area contributed by atoms with Crippen molar-refractivity contribution < 1.29 is 9.63 Å². The first-order chi connectivity index (χ1) is 13.1. The van der Waals surface area contributed by atoms with Gasteiger partial charge in [0, 0.05) is 68.0 Å². The largest absolute Gasteiger partial charge is 0.382 e. The number of piperazine rings is 1.